The Bertz CT molecular complexity index is 749. The van der Waals surface area contributed by atoms with E-state index in [0.717, 1.165) is 23.4 Å². The molecule has 2 amide bonds. The zero-order valence-corrected chi connectivity index (χ0v) is 15.6. The molecule has 0 radical (unpaired) electrons. The highest BCUT2D eigenvalue weighted by Crippen LogP contribution is 2.27. The van der Waals surface area contributed by atoms with Gasteiger partial charge in [0.15, 0.2) is 0 Å². The van der Waals surface area contributed by atoms with Gasteiger partial charge in [-0.2, -0.15) is 0 Å². The number of rotatable bonds is 8. The van der Waals surface area contributed by atoms with Gasteiger partial charge in [-0.05, 0) is 48.8 Å². The maximum absolute atomic E-state index is 12.2. The summed E-state index contributed by atoms with van der Waals surface area (Å²) in [5.41, 5.74) is 2.05. The molecular formula is C21H24N2O2S. The van der Waals surface area contributed by atoms with Crippen molar-refractivity contribution in [1.29, 1.82) is 0 Å². The third-order valence-electron chi connectivity index (χ3n) is 4.49. The molecule has 0 saturated carbocycles. The van der Waals surface area contributed by atoms with Crippen LogP contribution in [0.15, 0.2) is 59.5 Å². The van der Waals surface area contributed by atoms with Gasteiger partial charge in [-0.25, -0.2) is 0 Å². The lowest BCUT2D eigenvalue weighted by molar-refractivity contribution is -0.122. The second kappa shape index (κ2) is 9.43. The summed E-state index contributed by atoms with van der Waals surface area (Å²) in [4.78, 5) is 25.4. The van der Waals surface area contributed by atoms with Crippen molar-refractivity contribution >= 4 is 29.3 Å². The number of hydrogen-bond donors (Lipinski definition) is 2. The molecule has 0 bridgehead atoms. The van der Waals surface area contributed by atoms with Crippen LogP contribution in [0.2, 0.25) is 0 Å². The molecule has 0 fully saturated rings. The van der Waals surface area contributed by atoms with Crippen LogP contribution in [-0.4, -0.2) is 24.1 Å². The van der Waals surface area contributed by atoms with Gasteiger partial charge in [0.1, 0.15) is 0 Å². The fourth-order valence-corrected chi connectivity index (χ4v) is 3.92. The predicted octanol–water partition coefficient (Wildman–Crippen LogP) is 3.88. The molecule has 2 aromatic rings. The molecule has 1 aliphatic rings. The second-order valence-corrected chi connectivity index (χ2v) is 7.62. The molecule has 1 heterocycles. The van der Waals surface area contributed by atoms with Gasteiger partial charge in [0, 0.05) is 29.5 Å². The molecule has 3 rings (SSSR count). The zero-order valence-electron chi connectivity index (χ0n) is 14.7. The quantitative estimate of drug-likeness (QED) is 0.549. The van der Waals surface area contributed by atoms with Crippen molar-refractivity contribution in [3.63, 3.8) is 0 Å². The van der Waals surface area contributed by atoms with Gasteiger partial charge in [-0.15, -0.1) is 11.8 Å². The van der Waals surface area contributed by atoms with Gasteiger partial charge in [-0.1, -0.05) is 36.4 Å². The lowest BCUT2D eigenvalue weighted by Gasteiger charge is -2.24. The molecule has 1 atom stereocenters. The molecule has 1 aliphatic heterocycles. The Labute approximate surface area is 158 Å². The van der Waals surface area contributed by atoms with Gasteiger partial charge < -0.3 is 10.6 Å². The largest absolute Gasteiger partial charge is 0.356 e. The third kappa shape index (κ3) is 5.36. The lowest BCUT2D eigenvalue weighted by Crippen LogP contribution is -2.32. The van der Waals surface area contributed by atoms with E-state index >= 15 is 0 Å². The molecule has 0 aromatic heterocycles. The predicted molar refractivity (Wildman–Crippen MR) is 106 cm³/mol. The van der Waals surface area contributed by atoms with Crippen LogP contribution in [0.3, 0.4) is 0 Å². The Morgan fingerprint density at radius 2 is 1.88 bits per heavy atom. The number of carbonyl (C=O) groups is 2. The topological polar surface area (TPSA) is 58.2 Å². The average Bonchev–Trinajstić information content (AvgIpc) is 2.67. The standard InChI is InChI=1S/C21H24N2O2S/c24-20(22-13-6-14-26-18-8-2-1-3-9-18)12-11-17-15-16-7-4-5-10-19(16)23-21(17)25/h1-5,7-10,17H,6,11-15H2,(H,22,24)(H,23,25). The van der Waals surface area contributed by atoms with E-state index < -0.39 is 0 Å². The minimum Gasteiger partial charge on any atom is -0.356 e. The fraction of sp³-hybridized carbons (Fsp3) is 0.333. The Kier molecular flexibility index (Phi) is 6.72. The number of carbonyl (C=O) groups excluding carboxylic acids is 2. The monoisotopic (exact) mass is 368 g/mol. The maximum atomic E-state index is 12.2. The SMILES string of the molecule is O=C(CCC1Cc2ccccc2NC1=O)NCCCSc1ccccc1. The van der Waals surface area contributed by atoms with Gasteiger partial charge in [0.2, 0.25) is 11.8 Å². The number of amides is 2. The Morgan fingerprint density at radius 3 is 2.73 bits per heavy atom. The van der Waals surface area contributed by atoms with E-state index in [1.807, 2.05) is 42.5 Å². The van der Waals surface area contributed by atoms with Crippen LogP contribution in [0, 0.1) is 5.92 Å². The summed E-state index contributed by atoms with van der Waals surface area (Å²) in [6.07, 6.45) is 2.63. The number of hydrogen-bond acceptors (Lipinski definition) is 3. The summed E-state index contributed by atoms with van der Waals surface area (Å²) >= 11 is 1.80. The Morgan fingerprint density at radius 1 is 1.12 bits per heavy atom. The molecule has 0 spiro atoms. The highest BCUT2D eigenvalue weighted by Gasteiger charge is 2.26. The number of para-hydroxylation sites is 1. The zero-order chi connectivity index (χ0) is 18.2. The second-order valence-electron chi connectivity index (χ2n) is 6.45. The number of benzene rings is 2. The van der Waals surface area contributed by atoms with Gasteiger partial charge >= 0.3 is 0 Å². The van der Waals surface area contributed by atoms with Gasteiger partial charge in [0.25, 0.3) is 0 Å². The number of anilines is 1. The van der Waals surface area contributed by atoms with Crippen molar-refractivity contribution < 1.29 is 9.59 Å². The minimum atomic E-state index is -0.121. The molecule has 2 aromatic carbocycles. The lowest BCUT2D eigenvalue weighted by atomic mass is 9.89. The number of thioether (sulfide) groups is 1. The normalized spacial score (nSPS) is 15.8. The molecule has 0 saturated heterocycles. The first-order valence-electron chi connectivity index (χ1n) is 9.05. The molecule has 2 N–H and O–H groups in total. The van der Waals surface area contributed by atoms with Crippen LogP contribution in [0.5, 0.6) is 0 Å². The van der Waals surface area contributed by atoms with E-state index in [9.17, 15) is 9.59 Å². The molecule has 4 nitrogen and oxygen atoms in total. The first kappa shape index (κ1) is 18.5. The van der Waals surface area contributed by atoms with Crippen LogP contribution >= 0.6 is 11.8 Å². The van der Waals surface area contributed by atoms with Crippen LogP contribution in [0.4, 0.5) is 5.69 Å². The maximum Gasteiger partial charge on any atom is 0.227 e. The third-order valence-corrected chi connectivity index (χ3v) is 5.59. The molecule has 136 valence electrons. The number of fused-ring (bicyclic) bond motifs is 1. The highest BCUT2D eigenvalue weighted by molar-refractivity contribution is 7.99. The van der Waals surface area contributed by atoms with Crippen LogP contribution in [0.25, 0.3) is 0 Å². The summed E-state index contributed by atoms with van der Waals surface area (Å²) in [7, 11) is 0. The van der Waals surface area contributed by atoms with Gasteiger partial charge in [0.05, 0.1) is 0 Å². The summed E-state index contributed by atoms with van der Waals surface area (Å²) < 4.78 is 0. The van der Waals surface area contributed by atoms with Crippen molar-refractivity contribution in [2.45, 2.75) is 30.6 Å². The molecule has 5 heteroatoms. The van der Waals surface area contributed by atoms with E-state index in [2.05, 4.69) is 22.8 Å². The van der Waals surface area contributed by atoms with E-state index in [1.165, 1.54) is 4.90 Å². The summed E-state index contributed by atoms with van der Waals surface area (Å²) in [6, 6.07) is 18.1. The Balaban J connectivity index is 1.32. The summed E-state index contributed by atoms with van der Waals surface area (Å²) in [5.74, 6) is 0.910. The average molecular weight is 369 g/mol. The Hall–Kier alpha value is -2.27. The smallest absolute Gasteiger partial charge is 0.227 e. The minimum absolute atomic E-state index is 0.0239. The first-order valence-corrected chi connectivity index (χ1v) is 10.0. The highest BCUT2D eigenvalue weighted by atomic mass is 32.2. The molecule has 0 aliphatic carbocycles. The summed E-state index contributed by atoms with van der Waals surface area (Å²) in [6.45, 7) is 0.679. The number of nitrogens with one attached hydrogen (secondary N) is 2. The van der Waals surface area contributed by atoms with E-state index in [-0.39, 0.29) is 17.7 Å². The van der Waals surface area contributed by atoms with E-state index in [1.54, 1.807) is 11.8 Å². The van der Waals surface area contributed by atoms with Crippen molar-refractivity contribution in [3.05, 3.63) is 60.2 Å². The van der Waals surface area contributed by atoms with Gasteiger partial charge in [-0.3, -0.25) is 9.59 Å². The van der Waals surface area contributed by atoms with Crippen LogP contribution < -0.4 is 10.6 Å². The molecule has 26 heavy (non-hydrogen) atoms. The first-order chi connectivity index (χ1) is 12.7. The molecular weight excluding hydrogens is 344 g/mol. The summed E-state index contributed by atoms with van der Waals surface area (Å²) in [5, 5.41) is 5.89. The van der Waals surface area contributed by atoms with Crippen molar-refractivity contribution in [1.82, 2.24) is 5.32 Å². The van der Waals surface area contributed by atoms with Crippen molar-refractivity contribution in [2.75, 3.05) is 17.6 Å². The van der Waals surface area contributed by atoms with E-state index in [0.29, 0.717) is 25.8 Å². The molecule has 1 unspecified atom stereocenters. The van der Waals surface area contributed by atoms with Crippen molar-refractivity contribution in [2.24, 2.45) is 5.92 Å². The fourth-order valence-electron chi connectivity index (χ4n) is 3.05. The van der Waals surface area contributed by atoms with Crippen LogP contribution in [0.1, 0.15) is 24.8 Å². The van der Waals surface area contributed by atoms with Crippen molar-refractivity contribution in [3.8, 4) is 0 Å². The van der Waals surface area contributed by atoms with E-state index in [4.69, 9.17) is 0 Å². The van der Waals surface area contributed by atoms with Crippen LogP contribution in [-0.2, 0) is 16.0 Å².